The number of aryl methyl sites for hydroxylation is 3. The van der Waals surface area contributed by atoms with Crippen molar-refractivity contribution in [3.05, 3.63) is 71.7 Å². The van der Waals surface area contributed by atoms with Gasteiger partial charge in [-0.25, -0.2) is 8.78 Å². The zero-order chi connectivity index (χ0) is 29.3. The minimum atomic E-state index is -2.59. The number of nitrogens with zero attached hydrogens (tertiary/aromatic N) is 4. The average Bonchev–Trinajstić information content (AvgIpc) is 3.59. The largest absolute Gasteiger partial charge is 0.388 e. The summed E-state index contributed by atoms with van der Waals surface area (Å²) < 4.78 is 38.4. The summed E-state index contributed by atoms with van der Waals surface area (Å²) in [5, 5.41) is 8.56. The fourth-order valence-corrected chi connectivity index (χ4v) is 6.33. The van der Waals surface area contributed by atoms with E-state index in [1.807, 2.05) is 27.0 Å². The summed E-state index contributed by atoms with van der Waals surface area (Å²) in [4.78, 5) is 2.24. The molecule has 41 heavy (non-hydrogen) atoms. The van der Waals surface area contributed by atoms with Crippen LogP contribution >= 0.6 is 0 Å². The molecule has 4 aromatic rings. The maximum absolute atomic E-state index is 14.4. The summed E-state index contributed by atoms with van der Waals surface area (Å²) >= 11 is 0. The second-order valence-corrected chi connectivity index (χ2v) is 10.7. The molecule has 1 fully saturated rings. The van der Waals surface area contributed by atoms with Crippen LogP contribution in [0.2, 0.25) is 0 Å². The monoisotopic (exact) mass is 561 g/mol. The lowest BCUT2D eigenvalue weighted by Crippen LogP contribution is -2.25. The van der Waals surface area contributed by atoms with E-state index in [1.54, 1.807) is 30.2 Å². The van der Waals surface area contributed by atoms with E-state index in [4.69, 9.17) is 4.74 Å². The maximum Gasteiger partial charge on any atom is 0.264 e. The van der Waals surface area contributed by atoms with Crippen LogP contribution in [0.3, 0.4) is 0 Å². The van der Waals surface area contributed by atoms with Crippen molar-refractivity contribution in [2.45, 2.75) is 51.9 Å². The fraction of sp³-hybridized carbons (Fsp3) is 0.424. The van der Waals surface area contributed by atoms with Gasteiger partial charge in [-0.3, -0.25) is 4.68 Å². The third-order valence-electron chi connectivity index (χ3n) is 8.31. The molecule has 2 aliphatic heterocycles. The quantitative estimate of drug-likeness (QED) is 0.262. The Morgan fingerprint density at radius 1 is 1.10 bits per heavy atom. The second kappa shape index (κ2) is 12.1. The molecule has 6 nitrogen and oxygen atoms in total. The Bertz CT molecular complexity index is 1550. The number of hydrogen-bond acceptors (Lipinski definition) is 4. The van der Waals surface area contributed by atoms with Crippen LogP contribution < -0.4 is 10.2 Å². The fourth-order valence-electron chi connectivity index (χ4n) is 6.33. The lowest BCUT2D eigenvalue weighted by molar-refractivity contribution is 0.0855. The average molecular weight is 562 g/mol. The van der Waals surface area contributed by atoms with Crippen molar-refractivity contribution in [3.63, 3.8) is 0 Å². The molecule has 6 rings (SSSR count). The second-order valence-electron chi connectivity index (χ2n) is 10.7. The number of alkyl halides is 2. The molecule has 0 unspecified atom stereocenters. The van der Waals surface area contributed by atoms with Crippen LogP contribution in [0.25, 0.3) is 27.7 Å². The molecule has 0 saturated carbocycles. The lowest BCUT2D eigenvalue weighted by Gasteiger charge is -2.34. The highest BCUT2D eigenvalue weighted by Gasteiger charge is 2.28. The van der Waals surface area contributed by atoms with Gasteiger partial charge in [0, 0.05) is 92.4 Å². The molecule has 0 radical (unpaired) electrons. The first-order valence-electron chi connectivity index (χ1n) is 14.6. The van der Waals surface area contributed by atoms with Crippen molar-refractivity contribution in [1.29, 1.82) is 0 Å². The molecular weight excluding hydrogens is 520 g/mol. The van der Waals surface area contributed by atoms with Crippen LogP contribution in [0.15, 0.2) is 49.4 Å². The van der Waals surface area contributed by atoms with E-state index in [0.717, 1.165) is 84.6 Å². The zero-order valence-electron chi connectivity index (χ0n) is 24.8. The Balaban J connectivity index is 0.00000165. The van der Waals surface area contributed by atoms with E-state index < -0.39 is 6.43 Å². The first-order valence-corrected chi connectivity index (χ1v) is 14.6. The maximum atomic E-state index is 14.4. The summed E-state index contributed by atoms with van der Waals surface area (Å²) in [6, 6.07) is 8.16. The molecule has 1 N–H and O–H groups in total. The number of hydrogen-bond donors (Lipinski definition) is 1. The van der Waals surface area contributed by atoms with Crippen LogP contribution in [-0.4, -0.2) is 41.2 Å². The van der Waals surface area contributed by atoms with E-state index in [-0.39, 0.29) is 5.56 Å². The number of fused-ring (bicyclic) bond motifs is 2. The molecule has 2 aliphatic rings. The minimum absolute atomic E-state index is 0.0448. The Kier molecular flexibility index (Phi) is 8.50. The Morgan fingerprint density at radius 2 is 1.85 bits per heavy atom. The van der Waals surface area contributed by atoms with E-state index in [1.165, 1.54) is 11.1 Å². The van der Waals surface area contributed by atoms with Crippen molar-refractivity contribution >= 4 is 28.0 Å². The van der Waals surface area contributed by atoms with Gasteiger partial charge in [-0.05, 0) is 72.6 Å². The first kappa shape index (κ1) is 28.9. The predicted molar refractivity (Wildman–Crippen MR) is 164 cm³/mol. The van der Waals surface area contributed by atoms with Crippen molar-refractivity contribution in [1.82, 2.24) is 19.7 Å². The molecule has 1 saturated heterocycles. The highest BCUT2D eigenvalue weighted by molar-refractivity contribution is 5.97. The van der Waals surface area contributed by atoms with Crippen LogP contribution in [-0.2, 0) is 25.3 Å². The van der Waals surface area contributed by atoms with Crippen LogP contribution in [0.4, 0.5) is 20.2 Å². The predicted octanol–water partition coefficient (Wildman–Crippen LogP) is 7.71. The van der Waals surface area contributed by atoms with Crippen LogP contribution in [0, 0.1) is 0 Å². The molecule has 0 spiro atoms. The highest BCUT2D eigenvalue weighted by Crippen LogP contribution is 2.44. The van der Waals surface area contributed by atoms with Crippen molar-refractivity contribution in [2.75, 3.05) is 31.7 Å². The van der Waals surface area contributed by atoms with E-state index in [2.05, 4.69) is 51.8 Å². The molecule has 8 heteroatoms. The molecule has 4 heterocycles. The Hall–Kier alpha value is -3.65. The standard InChI is InChI=1S/C31H35F2N5O.C2H6/c1-19(34-2)28-18-36(3)30-25(20-7-10-39-11-8-20)13-23(14-26(28)30)38-9-5-6-21-12-24(22-16-35-37(4)17-22)27(31(32)33)15-29(21)38;1-2/h12-18,20,31,34H,1,5-11H2,2-4H3;1-2H3. The van der Waals surface area contributed by atoms with Crippen molar-refractivity contribution in [3.8, 4) is 11.1 Å². The summed E-state index contributed by atoms with van der Waals surface area (Å²) in [5.74, 6) is 0.374. The molecule has 0 amide bonds. The number of aromatic nitrogens is 3. The van der Waals surface area contributed by atoms with Gasteiger partial charge in [0.15, 0.2) is 0 Å². The van der Waals surface area contributed by atoms with Gasteiger partial charge in [-0.15, -0.1) is 0 Å². The highest BCUT2D eigenvalue weighted by atomic mass is 19.3. The van der Waals surface area contributed by atoms with Gasteiger partial charge in [0.05, 0.1) is 11.7 Å². The molecule has 2 aromatic heterocycles. The SMILES string of the molecule is C=C(NC)c1cn(C)c2c(C3CCOCC3)cc(N3CCCc4cc(-c5cnn(C)c5)c(C(F)F)cc43)cc12.CC. The molecule has 2 aromatic carbocycles. The van der Waals surface area contributed by atoms with Crippen LogP contribution in [0.1, 0.15) is 67.7 Å². The van der Waals surface area contributed by atoms with Gasteiger partial charge in [0.2, 0.25) is 0 Å². The smallest absolute Gasteiger partial charge is 0.264 e. The summed E-state index contributed by atoms with van der Waals surface area (Å²) in [5.41, 5.74) is 8.73. The third-order valence-corrected chi connectivity index (χ3v) is 8.31. The number of benzene rings is 2. The molecule has 0 atom stereocenters. The summed E-state index contributed by atoms with van der Waals surface area (Å²) in [6.07, 6.45) is 6.73. The van der Waals surface area contributed by atoms with Crippen molar-refractivity contribution < 1.29 is 13.5 Å². The van der Waals surface area contributed by atoms with E-state index in [0.29, 0.717) is 11.5 Å². The van der Waals surface area contributed by atoms with E-state index in [9.17, 15) is 8.78 Å². The number of ether oxygens (including phenoxy) is 1. The Morgan fingerprint density at radius 3 is 2.51 bits per heavy atom. The lowest BCUT2D eigenvalue weighted by atomic mass is 9.88. The third kappa shape index (κ3) is 5.37. The number of nitrogens with one attached hydrogen (secondary N) is 1. The molecule has 218 valence electrons. The van der Waals surface area contributed by atoms with Crippen LogP contribution in [0.5, 0.6) is 0 Å². The van der Waals surface area contributed by atoms with Gasteiger partial charge in [0.25, 0.3) is 6.43 Å². The topological polar surface area (TPSA) is 47.2 Å². The van der Waals surface area contributed by atoms with Gasteiger partial charge in [0.1, 0.15) is 0 Å². The van der Waals surface area contributed by atoms with Crippen molar-refractivity contribution in [2.24, 2.45) is 14.1 Å². The van der Waals surface area contributed by atoms with Gasteiger partial charge < -0.3 is 19.5 Å². The van der Waals surface area contributed by atoms with Gasteiger partial charge >= 0.3 is 0 Å². The normalized spacial score (nSPS) is 15.6. The van der Waals surface area contributed by atoms with Gasteiger partial charge in [-0.1, -0.05) is 20.4 Å². The summed E-state index contributed by atoms with van der Waals surface area (Å²) in [6.45, 7) is 10.5. The number of anilines is 2. The number of halogens is 2. The molecular formula is C33H41F2N5O. The van der Waals surface area contributed by atoms with E-state index >= 15 is 0 Å². The summed E-state index contributed by atoms with van der Waals surface area (Å²) in [7, 11) is 5.78. The molecule has 0 aliphatic carbocycles. The Labute approximate surface area is 241 Å². The minimum Gasteiger partial charge on any atom is -0.388 e. The molecule has 0 bridgehead atoms. The number of rotatable bonds is 6. The van der Waals surface area contributed by atoms with Gasteiger partial charge in [-0.2, -0.15) is 5.10 Å². The zero-order valence-corrected chi connectivity index (χ0v) is 24.8. The first-order chi connectivity index (χ1) is 19.9.